The van der Waals surface area contributed by atoms with Crippen LogP contribution in [0.4, 0.5) is 4.39 Å². The summed E-state index contributed by atoms with van der Waals surface area (Å²) in [6.45, 7) is 3.46. The molecule has 0 spiro atoms. The minimum Gasteiger partial charge on any atom is -0.341 e. The molecule has 1 amide bonds. The van der Waals surface area contributed by atoms with Crippen LogP contribution in [0.15, 0.2) is 29.2 Å². The van der Waals surface area contributed by atoms with E-state index in [1.54, 1.807) is 12.1 Å². The lowest BCUT2D eigenvalue weighted by Gasteiger charge is -2.19. The Balaban J connectivity index is 1.76. The van der Waals surface area contributed by atoms with E-state index in [2.05, 4.69) is 5.32 Å². The topological polar surface area (TPSA) is 32.3 Å². The molecule has 1 N–H and O–H groups in total. The minimum absolute atomic E-state index is 0.174. The molecule has 1 fully saturated rings. The van der Waals surface area contributed by atoms with Gasteiger partial charge in [-0.3, -0.25) is 4.79 Å². The molecule has 19 heavy (non-hydrogen) atoms. The lowest BCUT2D eigenvalue weighted by atomic mass is 10.3. The number of hydrogen-bond donors (Lipinski definition) is 1. The van der Waals surface area contributed by atoms with Crippen molar-refractivity contribution in [1.82, 2.24) is 10.2 Å². The fraction of sp³-hybridized carbons (Fsp3) is 0.500. The molecule has 0 atom stereocenters. The van der Waals surface area contributed by atoms with Gasteiger partial charge in [-0.05, 0) is 25.1 Å². The van der Waals surface area contributed by atoms with E-state index in [1.165, 1.54) is 17.8 Å². The second kappa shape index (κ2) is 7.50. The summed E-state index contributed by atoms with van der Waals surface area (Å²) >= 11 is 1.41. The first-order chi connectivity index (χ1) is 9.27. The van der Waals surface area contributed by atoms with Crippen LogP contribution in [0.25, 0.3) is 0 Å². The largest absolute Gasteiger partial charge is 0.341 e. The normalized spacial score (nSPS) is 16.2. The Morgan fingerprint density at radius 1 is 1.32 bits per heavy atom. The van der Waals surface area contributed by atoms with Gasteiger partial charge < -0.3 is 10.2 Å². The van der Waals surface area contributed by atoms with Crippen LogP contribution in [0.3, 0.4) is 0 Å². The van der Waals surface area contributed by atoms with Crippen molar-refractivity contribution in [2.45, 2.75) is 17.7 Å². The van der Waals surface area contributed by atoms with Crippen LogP contribution >= 0.6 is 11.8 Å². The monoisotopic (exact) mass is 282 g/mol. The maximum atomic E-state index is 13.4. The predicted octanol–water partition coefficient (Wildman–Crippen LogP) is 2.13. The van der Waals surface area contributed by atoms with Crippen LogP contribution in [0.5, 0.6) is 0 Å². The molecule has 1 aliphatic heterocycles. The quantitative estimate of drug-likeness (QED) is 0.859. The molecule has 0 radical (unpaired) electrons. The molecule has 0 saturated carbocycles. The minimum atomic E-state index is -0.209. The van der Waals surface area contributed by atoms with Crippen LogP contribution < -0.4 is 5.32 Å². The van der Waals surface area contributed by atoms with E-state index in [-0.39, 0.29) is 11.7 Å². The number of rotatable bonds is 4. The average Bonchev–Trinajstić information content (AvgIpc) is 2.70. The van der Waals surface area contributed by atoms with E-state index in [1.807, 2.05) is 11.0 Å². The van der Waals surface area contributed by atoms with Gasteiger partial charge in [0.25, 0.3) is 0 Å². The third-order valence-electron chi connectivity index (χ3n) is 3.10. The molecule has 1 saturated heterocycles. The number of nitrogens with zero attached hydrogens (tertiary/aromatic N) is 1. The van der Waals surface area contributed by atoms with Crippen LogP contribution in [-0.4, -0.2) is 42.7 Å². The second-order valence-electron chi connectivity index (χ2n) is 4.51. The molecular weight excluding hydrogens is 263 g/mol. The van der Waals surface area contributed by atoms with E-state index in [0.29, 0.717) is 17.1 Å². The van der Waals surface area contributed by atoms with Crippen LogP contribution in [-0.2, 0) is 4.79 Å². The summed E-state index contributed by atoms with van der Waals surface area (Å²) in [6.07, 6.45) is 1.48. The smallest absolute Gasteiger partial charge is 0.223 e. The summed E-state index contributed by atoms with van der Waals surface area (Å²) in [7, 11) is 0. The summed E-state index contributed by atoms with van der Waals surface area (Å²) in [5, 5.41) is 3.27. The number of nitrogens with one attached hydrogen (secondary N) is 1. The Labute approximate surface area is 117 Å². The van der Waals surface area contributed by atoms with Crippen LogP contribution in [0, 0.1) is 5.82 Å². The highest BCUT2D eigenvalue weighted by molar-refractivity contribution is 7.99. The average molecular weight is 282 g/mol. The van der Waals surface area contributed by atoms with Gasteiger partial charge in [0.1, 0.15) is 5.82 Å². The van der Waals surface area contributed by atoms with Gasteiger partial charge in [0, 0.05) is 36.7 Å². The fourth-order valence-electron chi connectivity index (χ4n) is 2.06. The summed E-state index contributed by atoms with van der Waals surface area (Å²) < 4.78 is 13.4. The number of benzene rings is 1. The number of hydrogen-bond acceptors (Lipinski definition) is 3. The molecule has 1 heterocycles. The zero-order chi connectivity index (χ0) is 13.5. The summed E-state index contributed by atoms with van der Waals surface area (Å²) in [6, 6.07) is 6.69. The molecule has 0 aliphatic carbocycles. The number of carbonyl (C=O) groups is 1. The molecule has 3 nitrogen and oxygen atoms in total. The first-order valence-corrected chi connectivity index (χ1v) is 7.62. The number of thioether (sulfide) groups is 1. The molecule has 5 heteroatoms. The van der Waals surface area contributed by atoms with Gasteiger partial charge in [0.05, 0.1) is 0 Å². The number of carbonyl (C=O) groups excluding carboxylic acids is 1. The molecule has 2 rings (SSSR count). The molecule has 0 aromatic heterocycles. The number of amides is 1. The van der Waals surface area contributed by atoms with Crippen molar-refractivity contribution in [3.63, 3.8) is 0 Å². The highest BCUT2D eigenvalue weighted by Gasteiger charge is 2.14. The van der Waals surface area contributed by atoms with E-state index in [4.69, 9.17) is 0 Å². The Bertz CT molecular complexity index is 420. The molecule has 104 valence electrons. The standard InChI is InChI=1S/C14H19FN2OS/c15-12-4-1-2-5-13(12)19-11-6-14(18)17-9-3-7-16-8-10-17/h1-2,4-5,16H,3,6-11H2. The molecule has 0 bridgehead atoms. The third-order valence-corrected chi connectivity index (χ3v) is 4.15. The Hall–Kier alpha value is -1.07. The fourth-order valence-corrected chi connectivity index (χ4v) is 2.94. The first kappa shape index (κ1) is 14.3. The maximum Gasteiger partial charge on any atom is 0.223 e. The Kier molecular flexibility index (Phi) is 5.66. The van der Waals surface area contributed by atoms with E-state index in [0.717, 1.165) is 32.6 Å². The molecule has 1 aromatic rings. The van der Waals surface area contributed by atoms with Crippen LogP contribution in [0.2, 0.25) is 0 Å². The van der Waals surface area contributed by atoms with E-state index in [9.17, 15) is 9.18 Å². The van der Waals surface area contributed by atoms with Gasteiger partial charge >= 0.3 is 0 Å². The summed E-state index contributed by atoms with van der Waals surface area (Å²) in [4.78, 5) is 14.5. The number of halogens is 1. The van der Waals surface area contributed by atoms with Crippen molar-refractivity contribution in [1.29, 1.82) is 0 Å². The SMILES string of the molecule is O=C(CCSc1ccccc1F)N1CCCNCC1. The Morgan fingerprint density at radius 3 is 3.00 bits per heavy atom. The van der Waals surface area contributed by atoms with Crippen molar-refractivity contribution >= 4 is 17.7 Å². The van der Waals surface area contributed by atoms with Crippen LogP contribution in [0.1, 0.15) is 12.8 Å². The predicted molar refractivity (Wildman–Crippen MR) is 75.8 cm³/mol. The van der Waals surface area contributed by atoms with Gasteiger partial charge in [0.2, 0.25) is 5.91 Å². The molecule has 1 aromatic carbocycles. The molecular formula is C14H19FN2OS. The van der Waals surface area contributed by atoms with Gasteiger partial charge in [-0.15, -0.1) is 11.8 Å². The zero-order valence-corrected chi connectivity index (χ0v) is 11.7. The first-order valence-electron chi connectivity index (χ1n) is 6.63. The van der Waals surface area contributed by atoms with Gasteiger partial charge in [-0.25, -0.2) is 4.39 Å². The highest BCUT2D eigenvalue weighted by Crippen LogP contribution is 2.22. The van der Waals surface area contributed by atoms with Gasteiger partial charge in [-0.1, -0.05) is 12.1 Å². The maximum absolute atomic E-state index is 13.4. The highest BCUT2D eigenvalue weighted by atomic mass is 32.2. The lowest BCUT2D eigenvalue weighted by Crippen LogP contribution is -2.34. The van der Waals surface area contributed by atoms with Crippen molar-refractivity contribution in [2.75, 3.05) is 31.9 Å². The van der Waals surface area contributed by atoms with Crippen molar-refractivity contribution in [2.24, 2.45) is 0 Å². The van der Waals surface area contributed by atoms with E-state index >= 15 is 0 Å². The van der Waals surface area contributed by atoms with Crippen molar-refractivity contribution in [3.05, 3.63) is 30.1 Å². The van der Waals surface area contributed by atoms with E-state index < -0.39 is 0 Å². The second-order valence-corrected chi connectivity index (χ2v) is 5.65. The summed E-state index contributed by atoms with van der Waals surface area (Å²) in [5.41, 5.74) is 0. The zero-order valence-electron chi connectivity index (χ0n) is 10.9. The van der Waals surface area contributed by atoms with Crippen molar-refractivity contribution in [3.8, 4) is 0 Å². The Morgan fingerprint density at radius 2 is 2.16 bits per heavy atom. The molecule has 1 aliphatic rings. The van der Waals surface area contributed by atoms with Crippen molar-refractivity contribution < 1.29 is 9.18 Å². The summed E-state index contributed by atoms with van der Waals surface area (Å²) in [5.74, 6) is 0.593. The molecule has 0 unspecified atom stereocenters. The third kappa shape index (κ3) is 4.51. The lowest BCUT2D eigenvalue weighted by molar-refractivity contribution is -0.130. The van der Waals surface area contributed by atoms with Gasteiger partial charge in [0.15, 0.2) is 0 Å². The van der Waals surface area contributed by atoms with Gasteiger partial charge in [-0.2, -0.15) is 0 Å².